The summed E-state index contributed by atoms with van der Waals surface area (Å²) in [7, 11) is 0. The third-order valence-corrected chi connectivity index (χ3v) is 1.61. The Bertz CT molecular complexity index is 452. The van der Waals surface area contributed by atoms with Crippen molar-refractivity contribution in [3.63, 3.8) is 0 Å². The fraction of sp³-hybridized carbons (Fsp3) is 0. The Balaban J connectivity index is 0.000000124. The average molecular weight is 200 g/mol. The van der Waals surface area contributed by atoms with Crippen LogP contribution in [-0.2, 0) is 0 Å². The zero-order valence-corrected chi connectivity index (χ0v) is 7.82. The normalized spacial score (nSPS) is 9.33. The van der Waals surface area contributed by atoms with E-state index in [0.717, 1.165) is 11.1 Å². The zero-order valence-electron chi connectivity index (χ0n) is 7.82. The maximum atomic E-state index is 4.99. The van der Waals surface area contributed by atoms with E-state index in [-0.39, 0.29) is 0 Å². The molecule has 3 aromatic rings. The Kier molecular flexibility index (Phi) is 2.97. The highest BCUT2D eigenvalue weighted by Crippen LogP contribution is 2.08. The second kappa shape index (κ2) is 4.80. The van der Waals surface area contributed by atoms with Gasteiger partial charge in [0, 0.05) is 18.5 Å². The van der Waals surface area contributed by atoms with Gasteiger partial charge in [0.15, 0.2) is 5.58 Å². The van der Waals surface area contributed by atoms with Crippen LogP contribution in [-0.4, -0.2) is 19.9 Å². The van der Waals surface area contributed by atoms with E-state index < -0.39 is 0 Å². The number of hydrogen-bond donors (Lipinski definition) is 0. The molecule has 0 atom stereocenters. The third kappa shape index (κ3) is 2.57. The van der Waals surface area contributed by atoms with Gasteiger partial charge in [-0.25, -0.2) is 19.9 Å². The number of rotatable bonds is 0. The highest BCUT2D eigenvalue weighted by molar-refractivity contribution is 5.70. The average Bonchev–Trinajstić information content (AvgIpc) is 2.80. The molecule has 0 saturated heterocycles. The van der Waals surface area contributed by atoms with Crippen LogP contribution in [0.3, 0.4) is 0 Å². The van der Waals surface area contributed by atoms with Gasteiger partial charge < -0.3 is 4.42 Å². The van der Waals surface area contributed by atoms with Crippen molar-refractivity contribution >= 4 is 11.1 Å². The van der Waals surface area contributed by atoms with E-state index in [1.54, 1.807) is 37.0 Å². The molecule has 0 aliphatic heterocycles. The number of aromatic nitrogens is 4. The summed E-state index contributed by atoms with van der Waals surface area (Å²) >= 11 is 0. The van der Waals surface area contributed by atoms with Crippen LogP contribution in [0.15, 0.2) is 54.1 Å². The monoisotopic (exact) mass is 200 g/mol. The smallest absolute Gasteiger partial charge is 0.170 e. The molecule has 0 fully saturated rings. The summed E-state index contributed by atoms with van der Waals surface area (Å²) in [6, 6.07) is 3.58. The second-order valence-corrected chi connectivity index (χ2v) is 2.60. The summed E-state index contributed by atoms with van der Waals surface area (Å²) in [5, 5.41) is 0. The second-order valence-electron chi connectivity index (χ2n) is 2.60. The predicted octanol–water partition coefficient (Wildman–Crippen LogP) is 1.70. The van der Waals surface area contributed by atoms with Gasteiger partial charge in [0.05, 0.1) is 12.5 Å². The largest absolute Gasteiger partial charge is 0.461 e. The summed E-state index contributed by atoms with van der Waals surface area (Å²) in [6.07, 6.45) is 9.61. The lowest BCUT2D eigenvalue weighted by Gasteiger charge is -1.80. The van der Waals surface area contributed by atoms with Crippen molar-refractivity contribution in [1.82, 2.24) is 19.9 Å². The number of fused-ring (bicyclic) bond motifs is 1. The van der Waals surface area contributed by atoms with Gasteiger partial charge in [0.1, 0.15) is 18.2 Å². The van der Waals surface area contributed by atoms with Gasteiger partial charge in [-0.2, -0.15) is 0 Å². The standard InChI is InChI=1S/C6H4N2O.C4H4N2/c1-2-9-6-3-7-4-8-5(1)6;1-2-5-4-6-3-1/h1-4H;1-4H. The van der Waals surface area contributed by atoms with Crippen molar-refractivity contribution < 1.29 is 4.42 Å². The molecule has 15 heavy (non-hydrogen) atoms. The molecule has 74 valence electrons. The molecule has 3 rings (SSSR count). The van der Waals surface area contributed by atoms with Gasteiger partial charge in [0.25, 0.3) is 0 Å². The van der Waals surface area contributed by atoms with Gasteiger partial charge in [-0.05, 0) is 6.07 Å². The molecule has 3 aromatic heterocycles. The molecule has 0 spiro atoms. The van der Waals surface area contributed by atoms with Gasteiger partial charge >= 0.3 is 0 Å². The van der Waals surface area contributed by atoms with Gasteiger partial charge in [-0.1, -0.05) is 0 Å². The number of furan rings is 1. The van der Waals surface area contributed by atoms with Crippen molar-refractivity contribution in [3.8, 4) is 0 Å². The van der Waals surface area contributed by atoms with E-state index in [1.165, 1.54) is 12.7 Å². The van der Waals surface area contributed by atoms with E-state index >= 15 is 0 Å². The van der Waals surface area contributed by atoms with E-state index in [2.05, 4.69) is 19.9 Å². The highest BCUT2D eigenvalue weighted by Gasteiger charge is 1.92. The van der Waals surface area contributed by atoms with E-state index in [0.29, 0.717) is 0 Å². The van der Waals surface area contributed by atoms with Crippen LogP contribution in [0.25, 0.3) is 11.1 Å². The molecule has 0 saturated carbocycles. The molecule has 3 heterocycles. The van der Waals surface area contributed by atoms with Crippen molar-refractivity contribution in [2.45, 2.75) is 0 Å². The number of nitrogens with zero attached hydrogens (tertiary/aromatic N) is 4. The van der Waals surface area contributed by atoms with E-state index in [4.69, 9.17) is 4.42 Å². The molecule has 0 aliphatic carbocycles. The summed E-state index contributed by atoms with van der Waals surface area (Å²) in [6.45, 7) is 0. The number of hydrogen-bond acceptors (Lipinski definition) is 5. The molecule has 0 aliphatic rings. The van der Waals surface area contributed by atoms with Gasteiger partial charge in [-0.3, -0.25) is 0 Å². The van der Waals surface area contributed by atoms with Crippen LogP contribution in [0.4, 0.5) is 0 Å². The first-order chi connectivity index (χ1) is 7.47. The molecule has 0 N–H and O–H groups in total. The Morgan fingerprint density at radius 2 is 1.87 bits per heavy atom. The minimum absolute atomic E-state index is 0.734. The van der Waals surface area contributed by atoms with Gasteiger partial charge in [-0.15, -0.1) is 0 Å². The van der Waals surface area contributed by atoms with Crippen LogP contribution in [0, 0.1) is 0 Å². The highest BCUT2D eigenvalue weighted by atomic mass is 16.3. The lowest BCUT2D eigenvalue weighted by atomic mass is 10.5. The fourth-order valence-corrected chi connectivity index (χ4v) is 0.967. The Morgan fingerprint density at radius 3 is 2.47 bits per heavy atom. The van der Waals surface area contributed by atoms with Crippen molar-refractivity contribution in [2.24, 2.45) is 0 Å². The van der Waals surface area contributed by atoms with Crippen LogP contribution >= 0.6 is 0 Å². The van der Waals surface area contributed by atoms with Gasteiger partial charge in [0.2, 0.25) is 0 Å². The van der Waals surface area contributed by atoms with Crippen LogP contribution in [0.2, 0.25) is 0 Å². The topological polar surface area (TPSA) is 64.7 Å². The SMILES string of the molecule is c1cncnc1.c1ncc2occc2n1. The minimum atomic E-state index is 0.734. The fourth-order valence-electron chi connectivity index (χ4n) is 0.967. The molecule has 0 radical (unpaired) electrons. The lowest BCUT2D eigenvalue weighted by molar-refractivity contribution is 0.613. The summed E-state index contributed by atoms with van der Waals surface area (Å²) < 4.78 is 4.99. The molecular formula is C10H8N4O. The van der Waals surface area contributed by atoms with Crippen LogP contribution in [0.5, 0.6) is 0 Å². The molecular weight excluding hydrogens is 192 g/mol. The minimum Gasteiger partial charge on any atom is -0.461 e. The first-order valence-electron chi connectivity index (χ1n) is 4.30. The van der Waals surface area contributed by atoms with Crippen molar-refractivity contribution in [2.75, 3.05) is 0 Å². The third-order valence-electron chi connectivity index (χ3n) is 1.61. The molecule has 0 amide bonds. The Morgan fingerprint density at radius 1 is 1.00 bits per heavy atom. The molecule has 0 aromatic carbocycles. The maximum absolute atomic E-state index is 4.99. The first kappa shape index (κ1) is 9.26. The predicted molar refractivity (Wildman–Crippen MR) is 53.8 cm³/mol. The first-order valence-corrected chi connectivity index (χ1v) is 4.30. The van der Waals surface area contributed by atoms with Crippen molar-refractivity contribution in [3.05, 3.63) is 49.6 Å². The van der Waals surface area contributed by atoms with E-state index in [9.17, 15) is 0 Å². The molecule has 5 nitrogen and oxygen atoms in total. The quantitative estimate of drug-likeness (QED) is 0.552. The molecule has 0 unspecified atom stereocenters. The Hall–Kier alpha value is -2.30. The zero-order chi connectivity index (χ0) is 10.3. The molecule has 5 heteroatoms. The Labute approximate surface area is 85.8 Å². The van der Waals surface area contributed by atoms with Crippen molar-refractivity contribution in [1.29, 1.82) is 0 Å². The summed E-state index contributed by atoms with van der Waals surface area (Å²) in [5.74, 6) is 0. The summed E-state index contributed by atoms with van der Waals surface area (Å²) in [5.41, 5.74) is 1.59. The van der Waals surface area contributed by atoms with Crippen LogP contribution in [0.1, 0.15) is 0 Å². The van der Waals surface area contributed by atoms with E-state index in [1.807, 2.05) is 0 Å². The summed E-state index contributed by atoms with van der Waals surface area (Å²) in [4.78, 5) is 15.1. The maximum Gasteiger partial charge on any atom is 0.170 e. The lowest BCUT2D eigenvalue weighted by Crippen LogP contribution is -1.72. The van der Waals surface area contributed by atoms with Crippen LogP contribution < -0.4 is 0 Å². The molecule has 0 bridgehead atoms.